The maximum absolute atomic E-state index is 12.4. The minimum Gasteiger partial charge on any atom is -0.207 e. The van der Waals surface area contributed by atoms with Gasteiger partial charge in [0.25, 0.3) is 0 Å². The van der Waals surface area contributed by atoms with E-state index in [4.69, 9.17) is 11.6 Å². The molecule has 1 aromatic rings. The second kappa shape index (κ2) is 2.36. The highest BCUT2D eigenvalue weighted by molar-refractivity contribution is 6.30. The fourth-order valence-electron chi connectivity index (χ4n) is 0.543. The molecule has 0 aliphatic carbocycles. The Hall–Kier alpha value is -0.560. The molecule has 0 spiro atoms. The summed E-state index contributed by atoms with van der Waals surface area (Å²) < 4.78 is 12.4. The topological polar surface area (TPSA) is 0 Å². The first-order valence-corrected chi connectivity index (χ1v) is 2.85. The third-order valence-electron chi connectivity index (χ3n) is 1.01. The number of rotatable bonds is 0. The van der Waals surface area contributed by atoms with Gasteiger partial charge in [-0.1, -0.05) is 11.6 Å². The summed E-state index contributed by atoms with van der Waals surface area (Å²) in [5.74, 6) is -0.320. The van der Waals surface area contributed by atoms with Crippen LogP contribution in [0.1, 0.15) is 5.56 Å². The first kappa shape index (κ1) is 6.56. The third-order valence-corrected chi connectivity index (χ3v) is 1.24. The number of halogens is 2. The van der Waals surface area contributed by atoms with E-state index in [1.165, 1.54) is 18.2 Å². The van der Waals surface area contributed by atoms with Crippen molar-refractivity contribution in [3.63, 3.8) is 0 Å². The lowest BCUT2D eigenvalue weighted by molar-refractivity contribution is 0.623. The molecule has 0 amide bonds. The molecule has 0 heterocycles. The normalized spacial score (nSPS) is 9.67. The Balaban J connectivity index is 3.17. The van der Waals surface area contributed by atoms with Gasteiger partial charge in [-0.05, 0) is 30.7 Å². The molecule has 0 aliphatic heterocycles. The minimum atomic E-state index is -0.320. The van der Waals surface area contributed by atoms with Crippen LogP contribution in [-0.4, -0.2) is 0 Å². The quantitative estimate of drug-likeness (QED) is 0.524. The molecule has 0 saturated carbocycles. The standard InChI is InChI=1S/C7H5ClF/c1-5-4-6(8)2-3-7(5)9/h2-4H,1H2. The van der Waals surface area contributed by atoms with Crippen molar-refractivity contribution >= 4 is 11.6 Å². The Labute approximate surface area is 58.3 Å². The zero-order valence-electron chi connectivity index (χ0n) is 4.70. The molecule has 0 saturated heterocycles. The van der Waals surface area contributed by atoms with Gasteiger partial charge in [0.05, 0.1) is 0 Å². The van der Waals surface area contributed by atoms with E-state index in [2.05, 4.69) is 6.92 Å². The van der Waals surface area contributed by atoms with Crippen molar-refractivity contribution in [2.24, 2.45) is 0 Å². The van der Waals surface area contributed by atoms with Gasteiger partial charge in [-0.3, -0.25) is 0 Å². The second-order valence-corrected chi connectivity index (χ2v) is 2.17. The van der Waals surface area contributed by atoms with Crippen molar-refractivity contribution in [1.82, 2.24) is 0 Å². The van der Waals surface area contributed by atoms with Gasteiger partial charge in [-0.15, -0.1) is 0 Å². The van der Waals surface area contributed by atoms with Gasteiger partial charge >= 0.3 is 0 Å². The average molecular weight is 144 g/mol. The Morgan fingerprint density at radius 3 is 2.56 bits per heavy atom. The molecular weight excluding hydrogens is 139 g/mol. The van der Waals surface area contributed by atoms with Gasteiger partial charge in [0.1, 0.15) is 5.82 Å². The Kier molecular flexibility index (Phi) is 1.72. The van der Waals surface area contributed by atoms with Crippen molar-refractivity contribution in [2.45, 2.75) is 0 Å². The lowest BCUT2D eigenvalue weighted by Crippen LogP contribution is -1.78. The van der Waals surface area contributed by atoms with E-state index >= 15 is 0 Å². The number of hydrogen-bond donors (Lipinski definition) is 0. The van der Waals surface area contributed by atoms with Gasteiger partial charge in [-0.2, -0.15) is 0 Å². The van der Waals surface area contributed by atoms with E-state index in [0.29, 0.717) is 10.6 Å². The van der Waals surface area contributed by atoms with Crippen molar-refractivity contribution in [2.75, 3.05) is 0 Å². The molecule has 1 aromatic carbocycles. The van der Waals surface area contributed by atoms with E-state index < -0.39 is 0 Å². The summed E-state index contributed by atoms with van der Waals surface area (Å²) in [4.78, 5) is 0. The average Bonchev–Trinajstić information content (AvgIpc) is 1.80. The highest BCUT2D eigenvalue weighted by atomic mass is 35.5. The van der Waals surface area contributed by atoms with Crippen LogP contribution in [0.25, 0.3) is 0 Å². The molecule has 0 nitrogen and oxygen atoms in total. The summed E-state index contributed by atoms with van der Waals surface area (Å²) >= 11 is 5.51. The molecule has 9 heavy (non-hydrogen) atoms. The molecule has 0 bridgehead atoms. The Morgan fingerprint density at radius 2 is 2.11 bits per heavy atom. The van der Waals surface area contributed by atoms with Crippen molar-refractivity contribution in [3.05, 3.63) is 41.5 Å². The smallest absolute Gasteiger partial charge is 0.126 e. The van der Waals surface area contributed by atoms with E-state index in [1.807, 2.05) is 0 Å². The summed E-state index contributed by atoms with van der Waals surface area (Å²) in [5.41, 5.74) is 0.336. The maximum atomic E-state index is 12.4. The van der Waals surface area contributed by atoms with Gasteiger partial charge < -0.3 is 0 Å². The first-order valence-electron chi connectivity index (χ1n) is 2.47. The van der Waals surface area contributed by atoms with Crippen LogP contribution in [0.5, 0.6) is 0 Å². The lowest BCUT2D eigenvalue weighted by Gasteiger charge is -1.93. The molecule has 47 valence electrons. The molecular formula is C7H5ClF. The summed E-state index contributed by atoms with van der Waals surface area (Å²) in [6.45, 7) is 3.42. The highest BCUT2D eigenvalue weighted by Crippen LogP contribution is 2.12. The predicted octanol–water partition coefficient (Wildman–Crippen LogP) is 2.66. The Bertz CT molecular complexity index is 220. The molecule has 0 aromatic heterocycles. The van der Waals surface area contributed by atoms with E-state index in [1.54, 1.807) is 0 Å². The van der Waals surface area contributed by atoms with Crippen molar-refractivity contribution in [3.8, 4) is 0 Å². The molecule has 0 fully saturated rings. The number of hydrogen-bond acceptors (Lipinski definition) is 0. The van der Waals surface area contributed by atoms with Crippen LogP contribution in [0.15, 0.2) is 18.2 Å². The minimum absolute atomic E-state index is 0.320. The van der Waals surface area contributed by atoms with Crippen LogP contribution >= 0.6 is 11.6 Å². The van der Waals surface area contributed by atoms with Crippen LogP contribution < -0.4 is 0 Å². The van der Waals surface area contributed by atoms with Crippen LogP contribution in [-0.2, 0) is 0 Å². The zero-order valence-corrected chi connectivity index (χ0v) is 5.45. The molecule has 2 heteroatoms. The third kappa shape index (κ3) is 1.42. The SMILES string of the molecule is [CH2]c1cc(Cl)ccc1F. The molecule has 0 N–H and O–H groups in total. The maximum Gasteiger partial charge on any atom is 0.126 e. The van der Waals surface area contributed by atoms with Gasteiger partial charge in [-0.25, -0.2) is 4.39 Å². The fourth-order valence-corrected chi connectivity index (χ4v) is 0.738. The number of benzene rings is 1. The summed E-state index contributed by atoms with van der Waals surface area (Å²) in [5, 5.41) is 0.515. The zero-order chi connectivity index (χ0) is 6.85. The summed E-state index contributed by atoms with van der Waals surface area (Å²) in [6, 6.07) is 4.27. The largest absolute Gasteiger partial charge is 0.207 e. The van der Waals surface area contributed by atoms with E-state index in [9.17, 15) is 4.39 Å². The second-order valence-electron chi connectivity index (χ2n) is 1.74. The van der Waals surface area contributed by atoms with Gasteiger partial charge in [0.2, 0.25) is 0 Å². The van der Waals surface area contributed by atoms with Crippen LogP contribution in [0, 0.1) is 12.7 Å². The van der Waals surface area contributed by atoms with Gasteiger partial charge in [0.15, 0.2) is 0 Å². The van der Waals surface area contributed by atoms with E-state index in [-0.39, 0.29) is 5.82 Å². The van der Waals surface area contributed by atoms with Crippen LogP contribution in [0.3, 0.4) is 0 Å². The molecule has 0 aliphatic rings. The summed E-state index contributed by atoms with van der Waals surface area (Å²) in [6.07, 6.45) is 0. The molecule has 0 unspecified atom stereocenters. The van der Waals surface area contributed by atoms with E-state index in [0.717, 1.165) is 0 Å². The van der Waals surface area contributed by atoms with Crippen molar-refractivity contribution < 1.29 is 4.39 Å². The fraction of sp³-hybridized carbons (Fsp3) is 0. The monoisotopic (exact) mass is 143 g/mol. The predicted molar refractivity (Wildman–Crippen MR) is 35.9 cm³/mol. The Morgan fingerprint density at radius 1 is 1.44 bits per heavy atom. The molecule has 1 radical (unpaired) electrons. The van der Waals surface area contributed by atoms with Gasteiger partial charge in [0, 0.05) is 5.02 Å². The molecule has 0 atom stereocenters. The van der Waals surface area contributed by atoms with Crippen LogP contribution in [0.2, 0.25) is 5.02 Å². The van der Waals surface area contributed by atoms with Crippen LogP contribution in [0.4, 0.5) is 4.39 Å². The highest BCUT2D eigenvalue weighted by Gasteiger charge is 1.94. The lowest BCUT2D eigenvalue weighted by atomic mass is 10.2. The van der Waals surface area contributed by atoms with Crippen molar-refractivity contribution in [1.29, 1.82) is 0 Å². The summed E-state index contributed by atoms with van der Waals surface area (Å²) in [7, 11) is 0. The first-order chi connectivity index (χ1) is 4.20. The molecule has 1 rings (SSSR count).